The Bertz CT molecular complexity index is 730. The van der Waals surface area contributed by atoms with Crippen molar-refractivity contribution in [1.82, 2.24) is 9.80 Å². The fourth-order valence-electron chi connectivity index (χ4n) is 3.84. The predicted octanol–water partition coefficient (Wildman–Crippen LogP) is 3.43. The molecule has 1 aromatic carbocycles. The maximum absolute atomic E-state index is 12.2. The average molecular weight is 451 g/mol. The van der Waals surface area contributed by atoms with Crippen molar-refractivity contribution in [2.24, 2.45) is 5.41 Å². The number of hydrogen-bond donors (Lipinski definition) is 1. The number of ether oxygens (including phenoxy) is 1. The van der Waals surface area contributed by atoms with Gasteiger partial charge in [0.15, 0.2) is 0 Å². The van der Waals surface area contributed by atoms with Gasteiger partial charge in [0.1, 0.15) is 0 Å². The lowest BCUT2D eigenvalue weighted by atomic mass is 9.86. The molecule has 2 fully saturated rings. The number of carboxylic acid groups (broad SMARTS) is 1. The number of carbonyl (C=O) groups is 2. The molecule has 3 rings (SSSR count). The highest BCUT2D eigenvalue weighted by atomic mass is 35.5. The zero-order valence-electron chi connectivity index (χ0n) is 16.8. The molecule has 0 saturated carbocycles. The first kappa shape index (κ1) is 24.4. The SMILES string of the molecule is COCCC(=O)N1CCC2(CCN(Cc3ccc(Cl)cc3)C2)C1.O=C(O)C(F)(F)F. The summed E-state index contributed by atoms with van der Waals surface area (Å²) < 4.78 is 36.8. The summed E-state index contributed by atoms with van der Waals surface area (Å²) in [7, 11) is 1.64. The summed E-state index contributed by atoms with van der Waals surface area (Å²) in [6.45, 7) is 5.50. The first-order chi connectivity index (χ1) is 14.0. The van der Waals surface area contributed by atoms with Crippen molar-refractivity contribution in [2.45, 2.75) is 32.0 Å². The Balaban J connectivity index is 0.000000396. The Morgan fingerprint density at radius 1 is 1.17 bits per heavy atom. The van der Waals surface area contributed by atoms with Gasteiger partial charge in [0.05, 0.1) is 13.0 Å². The van der Waals surface area contributed by atoms with Crippen LogP contribution in [0.3, 0.4) is 0 Å². The maximum atomic E-state index is 12.2. The van der Waals surface area contributed by atoms with Gasteiger partial charge in [0, 0.05) is 43.7 Å². The number of carbonyl (C=O) groups excluding carboxylic acids is 1. The Morgan fingerprint density at radius 2 is 1.77 bits per heavy atom. The molecule has 30 heavy (non-hydrogen) atoms. The van der Waals surface area contributed by atoms with Crippen LogP contribution >= 0.6 is 11.6 Å². The third kappa shape index (κ3) is 7.14. The van der Waals surface area contributed by atoms with Crippen molar-refractivity contribution in [1.29, 1.82) is 0 Å². The van der Waals surface area contributed by atoms with E-state index in [0.29, 0.717) is 18.4 Å². The summed E-state index contributed by atoms with van der Waals surface area (Å²) in [5.74, 6) is -2.52. The predicted molar refractivity (Wildman–Crippen MR) is 105 cm³/mol. The molecule has 10 heteroatoms. The Labute approximate surface area is 178 Å². The molecular formula is C20H26ClF3N2O4. The second kappa shape index (κ2) is 10.5. The van der Waals surface area contributed by atoms with Crippen molar-refractivity contribution >= 4 is 23.5 Å². The van der Waals surface area contributed by atoms with Crippen LogP contribution in [-0.2, 0) is 20.9 Å². The van der Waals surface area contributed by atoms with Crippen LogP contribution in [0.25, 0.3) is 0 Å². The van der Waals surface area contributed by atoms with E-state index in [2.05, 4.69) is 17.0 Å². The molecule has 1 N–H and O–H groups in total. The van der Waals surface area contributed by atoms with Gasteiger partial charge >= 0.3 is 12.1 Å². The van der Waals surface area contributed by atoms with Gasteiger partial charge in [-0.2, -0.15) is 13.2 Å². The van der Waals surface area contributed by atoms with Crippen molar-refractivity contribution in [2.75, 3.05) is 39.9 Å². The van der Waals surface area contributed by atoms with Gasteiger partial charge in [-0.15, -0.1) is 0 Å². The zero-order chi connectivity index (χ0) is 22.4. The highest BCUT2D eigenvalue weighted by molar-refractivity contribution is 6.30. The Morgan fingerprint density at radius 3 is 2.33 bits per heavy atom. The third-order valence-corrected chi connectivity index (χ3v) is 5.64. The zero-order valence-corrected chi connectivity index (χ0v) is 17.5. The minimum Gasteiger partial charge on any atom is -0.475 e. The lowest BCUT2D eigenvalue weighted by Gasteiger charge is -2.25. The van der Waals surface area contributed by atoms with Gasteiger partial charge in [0.2, 0.25) is 5.91 Å². The van der Waals surface area contributed by atoms with E-state index in [9.17, 15) is 18.0 Å². The van der Waals surface area contributed by atoms with Gasteiger partial charge in [-0.25, -0.2) is 4.79 Å². The number of amides is 1. The lowest BCUT2D eigenvalue weighted by molar-refractivity contribution is -0.192. The Hall–Kier alpha value is -1.84. The molecule has 2 aliphatic rings. The number of nitrogens with zero attached hydrogens (tertiary/aromatic N) is 2. The molecule has 1 atom stereocenters. The third-order valence-electron chi connectivity index (χ3n) is 5.39. The standard InChI is InChI=1S/C18H25ClN2O2.C2HF3O2/c1-23-11-6-17(22)21-10-8-18(14-21)7-9-20(13-18)12-15-2-4-16(19)5-3-15;3-2(4,5)1(6)7/h2-5H,6-14H2,1H3;(H,6,7). The highest BCUT2D eigenvalue weighted by Gasteiger charge is 2.44. The monoisotopic (exact) mass is 450 g/mol. The molecule has 0 aromatic heterocycles. The number of benzene rings is 1. The van der Waals surface area contributed by atoms with Gasteiger partial charge in [-0.3, -0.25) is 9.69 Å². The summed E-state index contributed by atoms with van der Waals surface area (Å²) in [6.07, 6.45) is -2.27. The van der Waals surface area contributed by atoms with Crippen molar-refractivity contribution in [3.63, 3.8) is 0 Å². The van der Waals surface area contributed by atoms with Gasteiger partial charge in [0.25, 0.3) is 0 Å². The normalized spacial score (nSPS) is 21.6. The van der Waals surface area contributed by atoms with Gasteiger partial charge in [-0.05, 0) is 37.1 Å². The fraction of sp³-hybridized carbons (Fsp3) is 0.600. The van der Waals surface area contributed by atoms with Crippen LogP contribution in [0, 0.1) is 5.41 Å². The highest BCUT2D eigenvalue weighted by Crippen LogP contribution is 2.40. The number of halogens is 4. The molecule has 0 aliphatic carbocycles. The summed E-state index contributed by atoms with van der Waals surface area (Å²) in [4.78, 5) is 25.6. The van der Waals surface area contributed by atoms with E-state index < -0.39 is 12.1 Å². The van der Waals surface area contributed by atoms with E-state index in [1.54, 1.807) is 7.11 Å². The van der Waals surface area contributed by atoms with Crippen LogP contribution in [-0.4, -0.2) is 72.9 Å². The van der Waals surface area contributed by atoms with Crippen LogP contribution < -0.4 is 0 Å². The number of methoxy groups -OCH3 is 1. The van der Waals surface area contributed by atoms with Crippen LogP contribution in [0.15, 0.2) is 24.3 Å². The summed E-state index contributed by atoms with van der Waals surface area (Å²) in [5, 5.41) is 7.91. The van der Waals surface area contributed by atoms with E-state index in [-0.39, 0.29) is 5.91 Å². The summed E-state index contributed by atoms with van der Waals surface area (Å²) >= 11 is 5.95. The Kier molecular flexibility index (Phi) is 8.52. The first-order valence-corrected chi connectivity index (χ1v) is 9.96. The van der Waals surface area contributed by atoms with Crippen molar-refractivity contribution in [3.8, 4) is 0 Å². The number of aliphatic carboxylic acids is 1. The second-order valence-electron chi connectivity index (χ2n) is 7.70. The molecule has 0 bridgehead atoms. The van der Waals surface area contributed by atoms with E-state index >= 15 is 0 Å². The molecular weight excluding hydrogens is 425 g/mol. The molecule has 1 unspecified atom stereocenters. The second-order valence-corrected chi connectivity index (χ2v) is 8.13. The molecule has 2 aliphatic heterocycles. The van der Waals surface area contributed by atoms with Crippen LogP contribution in [0.5, 0.6) is 0 Å². The van der Waals surface area contributed by atoms with Gasteiger partial charge in [-0.1, -0.05) is 23.7 Å². The minimum atomic E-state index is -5.08. The van der Waals surface area contributed by atoms with E-state index in [0.717, 1.165) is 44.2 Å². The molecule has 168 valence electrons. The van der Waals surface area contributed by atoms with Crippen LogP contribution in [0.1, 0.15) is 24.8 Å². The number of alkyl halides is 3. The van der Waals surface area contributed by atoms with Crippen LogP contribution in [0.4, 0.5) is 13.2 Å². The van der Waals surface area contributed by atoms with E-state index in [4.69, 9.17) is 26.2 Å². The maximum Gasteiger partial charge on any atom is 0.490 e. The van der Waals surface area contributed by atoms with Crippen molar-refractivity contribution in [3.05, 3.63) is 34.9 Å². The summed E-state index contributed by atoms with van der Waals surface area (Å²) in [6, 6.07) is 8.11. The van der Waals surface area contributed by atoms with E-state index in [1.807, 2.05) is 17.0 Å². The topological polar surface area (TPSA) is 70.1 Å². The van der Waals surface area contributed by atoms with Crippen molar-refractivity contribution < 1.29 is 32.6 Å². The largest absolute Gasteiger partial charge is 0.490 e. The van der Waals surface area contributed by atoms with E-state index in [1.165, 1.54) is 12.0 Å². The number of hydrogen-bond acceptors (Lipinski definition) is 4. The average Bonchev–Trinajstić information content (AvgIpc) is 3.28. The fourth-order valence-corrected chi connectivity index (χ4v) is 3.97. The number of likely N-dealkylation sites (tertiary alicyclic amines) is 2. The molecule has 0 radical (unpaired) electrons. The smallest absolute Gasteiger partial charge is 0.475 e. The number of carboxylic acids is 1. The first-order valence-electron chi connectivity index (χ1n) is 9.58. The lowest BCUT2D eigenvalue weighted by Crippen LogP contribution is -2.34. The van der Waals surface area contributed by atoms with Gasteiger partial charge < -0.3 is 14.7 Å². The minimum absolute atomic E-state index is 0.236. The molecule has 2 heterocycles. The number of rotatable bonds is 5. The molecule has 1 amide bonds. The summed E-state index contributed by atoms with van der Waals surface area (Å²) in [5.41, 5.74) is 1.60. The molecule has 1 aromatic rings. The van der Waals surface area contributed by atoms with Crippen LogP contribution in [0.2, 0.25) is 5.02 Å². The molecule has 2 saturated heterocycles. The molecule has 6 nitrogen and oxygen atoms in total. The molecule has 1 spiro atoms. The quantitative estimate of drug-likeness (QED) is 0.744.